The first-order chi connectivity index (χ1) is 21.3. The van der Waals surface area contributed by atoms with Gasteiger partial charge in [-0.15, -0.1) is 0 Å². The number of hydrogen-bond donors (Lipinski definition) is 3. The molecule has 0 aliphatic carbocycles. The Hall–Kier alpha value is -4.95. The summed E-state index contributed by atoms with van der Waals surface area (Å²) in [6, 6.07) is 18.1. The van der Waals surface area contributed by atoms with E-state index in [-0.39, 0.29) is 10.5 Å². The number of amides is 1. The number of thiocarbonyl (C=S) groups is 1. The molecule has 0 spiro atoms. The Kier molecular flexibility index (Phi) is 7.93. The van der Waals surface area contributed by atoms with Gasteiger partial charge in [0.15, 0.2) is 16.6 Å². The quantitative estimate of drug-likeness (QED) is 0.229. The van der Waals surface area contributed by atoms with E-state index in [9.17, 15) is 13.2 Å². The van der Waals surface area contributed by atoms with Crippen molar-refractivity contribution in [3.8, 4) is 11.5 Å². The highest BCUT2D eigenvalue weighted by molar-refractivity contribution is 7.90. The maximum atomic E-state index is 12.7. The molecule has 0 unspecified atom stereocenters. The third kappa shape index (κ3) is 5.68. The molecule has 1 aliphatic heterocycles. The number of H-pyrrole nitrogens is 2. The molecule has 14 heteroatoms. The second kappa shape index (κ2) is 12.0. The van der Waals surface area contributed by atoms with Gasteiger partial charge in [-0.3, -0.25) is 9.69 Å². The molecule has 1 aliphatic rings. The van der Waals surface area contributed by atoms with Crippen LogP contribution in [0.1, 0.15) is 10.4 Å². The highest BCUT2D eigenvalue weighted by Gasteiger charge is 2.28. The molecule has 226 valence electrons. The standard InChI is InChI=1S/C30H29N7O5S2/c1-41-24-16-22-23(17-25(24)42-2)34-27-26(22)28(32-18-31-27)36-12-14-37(15-13-36)30(43)33-20-8-10-21(11-9-20)44(39,40)35-29(38)19-6-4-3-5-7-19/h3-11,16-18H,12-15H2,1-2H3,(H,33,43)(H,35,38)(H,31,32,34)/p+1. The number of methoxy groups -OCH3 is 2. The fourth-order valence-electron chi connectivity index (χ4n) is 5.21. The van der Waals surface area contributed by atoms with Gasteiger partial charge in [-0.1, -0.05) is 23.2 Å². The third-order valence-corrected chi connectivity index (χ3v) is 9.18. The van der Waals surface area contributed by atoms with Crippen LogP contribution in [0.3, 0.4) is 0 Å². The number of aromatic nitrogens is 3. The Bertz CT molecular complexity index is 1960. The van der Waals surface area contributed by atoms with Gasteiger partial charge >= 0.3 is 0 Å². The maximum absolute atomic E-state index is 12.7. The zero-order chi connectivity index (χ0) is 30.8. The average Bonchev–Trinajstić information content (AvgIpc) is 3.42. The molecule has 2 aromatic heterocycles. The molecule has 1 amide bonds. The van der Waals surface area contributed by atoms with E-state index in [1.807, 2.05) is 12.1 Å². The Morgan fingerprint density at radius 2 is 1.66 bits per heavy atom. The van der Waals surface area contributed by atoms with Crippen LogP contribution in [-0.4, -0.2) is 74.7 Å². The highest BCUT2D eigenvalue weighted by Crippen LogP contribution is 2.37. The molecule has 0 atom stereocenters. The van der Waals surface area contributed by atoms with Gasteiger partial charge in [0.25, 0.3) is 15.9 Å². The van der Waals surface area contributed by atoms with Crippen molar-refractivity contribution in [2.75, 3.05) is 50.6 Å². The average molecular weight is 633 g/mol. The van der Waals surface area contributed by atoms with E-state index in [0.29, 0.717) is 48.5 Å². The van der Waals surface area contributed by atoms with E-state index < -0.39 is 15.9 Å². The largest absolute Gasteiger partial charge is 0.493 e. The molecule has 0 saturated carbocycles. The molecule has 12 nitrogen and oxygen atoms in total. The minimum Gasteiger partial charge on any atom is -0.493 e. The van der Waals surface area contributed by atoms with Crippen molar-refractivity contribution >= 4 is 66.7 Å². The van der Waals surface area contributed by atoms with Crippen molar-refractivity contribution in [2.45, 2.75) is 4.90 Å². The van der Waals surface area contributed by atoms with Gasteiger partial charge in [-0.05, 0) is 54.7 Å². The SMILES string of the molecule is COc1cc2[nH]c3nc[nH+]c(N4CCN(C(=S)Nc5ccc(S(=O)(=O)NC(=O)c6ccccc6)cc5)CC4)c3c2cc1OC. The van der Waals surface area contributed by atoms with Gasteiger partial charge < -0.3 is 24.7 Å². The zero-order valence-electron chi connectivity index (χ0n) is 24.0. The van der Waals surface area contributed by atoms with Gasteiger partial charge in [-0.25, -0.2) is 18.1 Å². The van der Waals surface area contributed by atoms with Crippen molar-refractivity contribution in [1.82, 2.24) is 19.6 Å². The van der Waals surface area contributed by atoms with Gasteiger partial charge in [0.05, 0.1) is 50.8 Å². The van der Waals surface area contributed by atoms with E-state index >= 15 is 0 Å². The molecular formula is C30H30N7O5S2+. The van der Waals surface area contributed by atoms with Crippen LogP contribution in [0.2, 0.25) is 0 Å². The van der Waals surface area contributed by atoms with Crippen molar-refractivity contribution in [3.63, 3.8) is 0 Å². The second-order valence-electron chi connectivity index (χ2n) is 10.1. The lowest BCUT2D eigenvalue weighted by atomic mass is 10.1. The Morgan fingerprint density at radius 3 is 2.34 bits per heavy atom. The molecule has 1 fully saturated rings. The van der Waals surface area contributed by atoms with Crippen molar-refractivity contribution in [2.24, 2.45) is 0 Å². The summed E-state index contributed by atoms with van der Waals surface area (Å²) in [5.74, 6) is 1.53. The first-order valence-electron chi connectivity index (χ1n) is 13.7. The number of sulfonamides is 1. The molecule has 44 heavy (non-hydrogen) atoms. The summed E-state index contributed by atoms with van der Waals surface area (Å²) in [7, 11) is -0.816. The van der Waals surface area contributed by atoms with Crippen molar-refractivity contribution < 1.29 is 27.7 Å². The van der Waals surface area contributed by atoms with Gasteiger partial charge in [-0.2, -0.15) is 0 Å². The number of ether oxygens (including phenoxy) is 2. The fourth-order valence-corrected chi connectivity index (χ4v) is 6.48. The maximum Gasteiger partial charge on any atom is 0.264 e. The monoisotopic (exact) mass is 632 g/mol. The molecule has 5 aromatic rings. The number of nitrogens with one attached hydrogen (secondary N) is 4. The van der Waals surface area contributed by atoms with Crippen LogP contribution >= 0.6 is 12.2 Å². The Labute approximate surface area is 259 Å². The van der Waals surface area contributed by atoms with Crippen LogP contribution in [-0.2, 0) is 10.0 Å². The van der Waals surface area contributed by atoms with Crippen LogP contribution in [0.5, 0.6) is 11.5 Å². The number of carbonyl (C=O) groups is 1. The van der Waals surface area contributed by atoms with E-state index in [0.717, 1.165) is 27.8 Å². The predicted octanol–water partition coefficient (Wildman–Crippen LogP) is 3.19. The van der Waals surface area contributed by atoms with Crippen LogP contribution in [0.15, 0.2) is 78.0 Å². The van der Waals surface area contributed by atoms with Crippen LogP contribution in [0, 0.1) is 0 Å². The number of fused-ring (bicyclic) bond motifs is 3. The van der Waals surface area contributed by atoms with Crippen molar-refractivity contribution in [1.29, 1.82) is 0 Å². The lowest BCUT2D eigenvalue weighted by Crippen LogP contribution is -2.51. The first-order valence-corrected chi connectivity index (χ1v) is 15.6. The molecular weight excluding hydrogens is 603 g/mol. The number of nitrogens with zero attached hydrogens (tertiary/aromatic N) is 3. The topological polar surface area (TPSA) is 143 Å². The fraction of sp³-hybridized carbons (Fsp3) is 0.200. The smallest absolute Gasteiger partial charge is 0.264 e. The highest BCUT2D eigenvalue weighted by atomic mass is 32.2. The molecule has 6 rings (SSSR count). The zero-order valence-corrected chi connectivity index (χ0v) is 25.6. The van der Waals surface area contributed by atoms with Gasteiger partial charge in [0.2, 0.25) is 17.8 Å². The van der Waals surface area contributed by atoms with E-state index in [1.165, 1.54) is 12.1 Å². The lowest BCUT2D eigenvalue weighted by Gasteiger charge is -2.34. The summed E-state index contributed by atoms with van der Waals surface area (Å²) in [6.45, 7) is 2.74. The van der Waals surface area contributed by atoms with Gasteiger partial charge in [0, 0.05) is 22.7 Å². The summed E-state index contributed by atoms with van der Waals surface area (Å²) >= 11 is 5.68. The summed E-state index contributed by atoms with van der Waals surface area (Å²) in [5, 5.41) is 5.66. The van der Waals surface area contributed by atoms with Gasteiger partial charge in [0.1, 0.15) is 5.39 Å². The van der Waals surface area contributed by atoms with E-state index in [4.69, 9.17) is 21.7 Å². The molecule has 3 aromatic carbocycles. The number of piperazine rings is 1. The number of anilines is 2. The minimum absolute atomic E-state index is 0.0277. The molecule has 0 bridgehead atoms. The van der Waals surface area contributed by atoms with E-state index in [1.54, 1.807) is 63.0 Å². The number of benzene rings is 3. The third-order valence-electron chi connectivity index (χ3n) is 7.48. The summed E-state index contributed by atoms with van der Waals surface area (Å²) in [5.41, 5.74) is 2.55. The molecule has 0 radical (unpaired) electrons. The minimum atomic E-state index is -4.04. The van der Waals surface area contributed by atoms with Crippen molar-refractivity contribution in [3.05, 3.63) is 78.6 Å². The summed E-state index contributed by atoms with van der Waals surface area (Å²) in [4.78, 5) is 27.9. The molecule has 4 N–H and O–H groups in total. The number of aromatic amines is 2. The summed E-state index contributed by atoms with van der Waals surface area (Å²) < 4.78 is 38.6. The summed E-state index contributed by atoms with van der Waals surface area (Å²) in [6.07, 6.45) is 1.68. The van der Waals surface area contributed by atoms with Crippen LogP contribution in [0.4, 0.5) is 11.5 Å². The van der Waals surface area contributed by atoms with E-state index in [2.05, 4.69) is 34.8 Å². The number of hydrogen-bond acceptors (Lipinski definition) is 8. The number of rotatable bonds is 7. The van der Waals surface area contributed by atoms with Crippen LogP contribution in [0.25, 0.3) is 21.9 Å². The number of carbonyl (C=O) groups excluding carboxylic acids is 1. The lowest BCUT2D eigenvalue weighted by molar-refractivity contribution is -0.367. The predicted molar refractivity (Wildman–Crippen MR) is 171 cm³/mol. The first kappa shape index (κ1) is 29.1. The Balaban J connectivity index is 1.11. The molecule has 3 heterocycles. The normalized spacial score (nSPS) is 13.6. The second-order valence-corrected chi connectivity index (χ2v) is 12.2. The van der Waals surface area contributed by atoms with Crippen LogP contribution < -0.4 is 29.4 Å². The molecule has 1 saturated heterocycles. The Morgan fingerprint density at radius 1 is 0.977 bits per heavy atom.